The third-order valence-corrected chi connectivity index (χ3v) is 6.63. The molecule has 2 aliphatic rings. The Kier molecular flexibility index (Phi) is 5.06. The van der Waals surface area contributed by atoms with Crippen LogP contribution in [0.3, 0.4) is 0 Å². The molecule has 0 spiro atoms. The van der Waals surface area contributed by atoms with E-state index >= 15 is 0 Å². The number of hydrogen-bond acceptors (Lipinski definition) is 5. The minimum atomic E-state index is -0.318. The third kappa shape index (κ3) is 3.43. The molecule has 1 atom stereocenters. The predicted molar refractivity (Wildman–Crippen MR) is 113 cm³/mol. The first-order valence-electron chi connectivity index (χ1n) is 10.8. The number of carbonyl (C=O) groups excluding carboxylic acids is 2. The number of fused-ring (bicyclic) bond motifs is 2. The zero-order valence-corrected chi connectivity index (χ0v) is 17.4. The van der Waals surface area contributed by atoms with Gasteiger partial charge in [-0.25, -0.2) is 4.39 Å². The minimum absolute atomic E-state index is 0.115. The molecule has 2 amide bonds. The van der Waals surface area contributed by atoms with Crippen molar-refractivity contribution in [3.63, 3.8) is 0 Å². The van der Waals surface area contributed by atoms with Gasteiger partial charge in [0.2, 0.25) is 0 Å². The van der Waals surface area contributed by atoms with Crippen molar-refractivity contribution in [2.75, 3.05) is 19.6 Å². The lowest BCUT2D eigenvalue weighted by Gasteiger charge is -2.38. The molecule has 3 aromatic rings. The van der Waals surface area contributed by atoms with Crippen molar-refractivity contribution in [2.45, 2.75) is 38.1 Å². The molecule has 31 heavy (non-hydrogen) atoms. The van der Waals surface area contributed by atoms with Crippen LogP contribution in [0.25, 0.3) is 10.9 Å². The number of amides is 2. The largest absolute Gasteiger partial charge is 0.360 e. The number of piperidine rings is 1. The summed E-state index contributed by atoms with van der Waals surface area (Å²) in [6, 6.07) is 11.7. The average Bonchev–Trinajstić information content (AvgIpc) is 3.31. The molecule has 160 valence electrons. The van der Waals surface area contributed by atoms with Gasteiger partial charge >= 0.3 is 0 Å². The number of halogens is 1. The van der Waals surface area contributed by atoms with Crippen molar-refractivity contribution in [1.82, 2.24) is 15.0 Å². The Morgan fingerprint density at radius 2 is 1.77 bits per heavy atom. The Balaban J connectivity index is 1.26. The van der Waals surface area contributed by atoms with E-state index in [0.29, 0.717) is 23.2 Å². The summed E-state index contributed by atoms with van der Waals surface area (Å²) >= 11 is 0. The second-order valence-corrected chi connectivity index (χ2v) is 8.35. The summed E-state index contributed by atoms with van der Waals surface area (Å²) in [5, 5.41) is 4.89. The van der Waals surface area contributed by atoms with Crippen LogP contribution < -0.4 is 0 Å². The van der Waals surface area contributed by atoms with E-state index in [-0.39, 0.29) is 29.6 Å². The number of aromatic nitrogens is 1. The van der Waals surface area contributed by atoms with Crippen LogP contribution in [-0.2, 0) is 0 Å². The number of hydrogen-bond donors (Lipinski definition) is 0. The first kappa shape index (κ1) is 19.9. The maximum atomic E-state index is 13.4. The highest BCUT2D eigenvalue weighted by Gasteiger charge is 2.38. The van der Waals surface area contributed by atoms with Crippen molar-refractivity contribution in [1.29, 1.82) is 0 Å². The Morgan fingerprint density at radius 1 is 1.10 bits per heavy atom. The van der Waals surface area contributed by atoms with Gasteiger partial charge in [-0.1, -0.05) is 24.2 Å². The fraction of sp³-hybridized carbons (Fsp3) is 0.375. The van der Waals surface area contributed by atoms with Gasteiger partial charge in [0, 0.05) is 30.0 Å². The smallest absolute Gasteiger partial charge is 0.261 e. The highest BCUT2D eigenvalue weighted by molar-refractivity contribution is 6.21. The lowest BCUT2D eigenvalue weighted by atomic mass is 9.91. The topological polar surface area (TPSA) is 66.7 Å². The van der Waals surface area contributed by atoms with E-state index in [9.17, 15) is 14.0 Å². The number of carbonyl (C=O) groups is 2. The molecule has 1 fully saturated rings. The van der Waals surface area contributed by atoms with E-state index in [2.05, 4.69) is 17.0 Å². The molecule has 0 aliphatic carbocycles. The molecule has 0 saturated carbocycles. The van der Waals surface area contributed by atoms with Crippen LogP contribution in [0.2, 0.25) is 0 Å². The maximum absolute atomic E-state index is 13.4. The van der Waals surface area contributed by atoms with E-state index in [0.717, 1.165) is 43.5 Å². The Morgan fingerprint density at radius 3 is 2.42 bits per heavy atom. The molecule has 2 aromatic carbocycles. The monoisotopic (exact) mass is 421 g/mol. The molecule has 7 heteroatoms. The third-order valence-electron chi connectivity index (χ3n) is 6.63. The lowest BCUT2D eigenvalue weighted by Crippen LogP contribution is -2.48. The van der Waals surface area contributed by atoms with Crippen LogP contribution in [-0.4, -0.2) is 52.4 Å². The molecular weight excluding hydrogens is 397 g/mol. The maximum Gasteiger partial charge on any atom is 0.261 e. The van der Waals surface area contributed by atoms with Crippen molar-refractivity contribution in [3.8, 4) is 0 Å². The first-order valence-corrected chi connectivity index (χ1v) is 10.8. The van der Waals surface area contributed by atoms with Gasteiger partial charge < -0.3 is 4.52 Å². The summed E-state index contributed by atoms with van der Waals surface area (Å²) in [6.45, 7) is 4.18. The Labute approximate surface area is 179 Å². The molecule has 1 aromatic heterocycles. The fourth-order valence-corrected chi connectivity index (χ4v) is 4.88. The van der Waals surface area contributed by atoms with Crippen LogP contribution in [0.5, 0.6) is 0 Å². The number of benzene rings is 2. The standard InChI is InChI=1S/C24H24FN3O3/c1-2-17(14-28-23(29)18-5-3-4-6-19(18)24(28)30)27-11-9-15(10-12-27)22-20-8-7-16(25)13-21(20)26-31-22/h3-8,13,15,17H,2,9-12,14H2,1H3. The number of likely N-dealkylation sites (tertiary alicyclic amines) is 1. The zero-order valence-electron chi connectivity index (χ0n) is 17.4. The van der Waals surface area contributed by atoms with E-state index in [1.54, 1.807) is 30.3 Å². The fourth-order valence-electron chi connectivity index (χ4n) is 4.88. The summed E-state index contributed by atoms with van der Waals surface area (Å²) in [5.74, 6) is 0.330. The van der Waals surface area contributed by atoms with Gasteiger partial charge in [-0.05, 0) is 56.6 Å². The molecule has 0 bridgehead atoms. The van der Waals surface area contributed by atoms with E-state index in [4.69, 9.17) is 4.52 Å². The number of rotatable bonds is 5. The zero-order chi connectivity index (χ0) is 21.5. The molecule has 2 aliphatic heterocycles. The summed E-state index contributed by atoms with van der Waals surface area (Å²) < 4.78 is 19.0. The molecule has 5 rings (SSSR count). The summed E-state index contributed by atoms with van der Waals surface area (Å²) in [5.41, 5.74) is 1.54. The molecule has 1 unspecified atom stereocenters. The molecule has 0 radical (unpaired) electrons. The van der Waals surface area contributed by atoms with Crippen molar-refractivity contribution >= 4 is 22.7 Å². The highest BCUT2D eigenvalue weighted by atomic mass is 19.1. The van der Waals surface area contributed by atoms with Gasteiger partial charge in [0.25, 0.3) is 11.8 Å². The quantitative estimate of drug-likeness (QED) is 0.577. The molecular formula is C24H24FN3O3. The SMILES string of the molecule is CCC(CN1C(=O)c2ccccc2C1=O)N1CCC(c2onc3cc(F)ccc23)CC1. The second kappa shape index (κ2) is 7.89. The predicted octanol–water partition coefficient (Wildman–Crippen LogP) is 4.22. The minimum Gasteiger partial charge on any atom is -0.360 e. The van der Waals surface area contributed by atoms with Crippen molar-refractivity contribution in [2.24, 2.45) is 0 Å². The number of imide groups is 1. The van der Waals surface area contributed by atoms with Crippen LogP contribution in [0.1, 0.15) is 58.6 Å². The van der Waals surface area contributed by atoms with Crippen LogP contribution >= 0.6 is 0 Å². The van der Waals surface area contributed by atoms with Gasteiger partial charge in [0.15, 0.2) is 0 Å². The molecule has 1 saturated heterocycles. The Hall–Kier alpha value is -3.06. The van der Waals surface area contributed by atoms with Crippen molar-refractivity contribution in [3.05, 3.63) is 65.2 Å². The second-order valence-electron chi connectivity index (χ2n) is 8.35. The van der Waals surface area contributed by atoms with E-state index in [1.807, 2.05) is 0 Å². The van der Waals surface area contributed by atoms with Crippen LogP contribution in [0, 0.1) is 5.82 Å². The van der Waals surface area contributed by atoms with Crippen molar-refractivity contribution < 1.29 is 18.5 Å². The normalized spacial score (nSPS) is 18.7. The molecule has 0 N–H and O–H groups in total. The van der Waals surface area contributed by atoms with Gasteiger partial charge in [0.05, 0.1) is 11.1 Å². The first-order chi connectivity index (χ1) is 15.1. The summed E-state index contributed by atoms with van der Waals surface area (Å²) in [7, 11) is 0. The van der Waals surface area contributed by atoms with Gasteiger partial charge in [-0.2, -0.15) is 0 Å². The average molecular weight is 421 g/mol. The highest BCUT2D eigenvalue weighted by Crippen LogP contribution is 2.34. The summed E-state index contributed by atoms with van der Waals surface area (Å²) in [6.07, 6.45) is 2.63. The lowest BCUT2D eigenvalue weighted by molar-refractivity contribution is 0.0558. The Bertz CT molecular complexity index is 1110. The number of nitrogens with zero attached hydrogens (tertiary/aromatic N) is 3. The molecule has 3 heterocycles. The van der Waals surface area contributed by atoms with Gasteiger partial charge in [-0.15, -0.1) is 0 Å². The summed E-state index contributed by atoms with van der Waals surface area (Å²) in [4.78, 5) is 29.2. The van der Waals surface area contributed by atoms with E-state index < -0.39 is 0 Å². The van der Waals surface area contributed by atoms with E-state index in [1.165, 1.54) is 17.0 Å². The van der Waals surface area contributed by atoms with Crippen LogP contribution in [0.15, 0.2) is 47.0 Å². The van der Waals surface area contributed by atoms with Gasteiger partial charge in [0.1, 0.15) is 17.1 Å². The molecule has 6 nitrogen and oxygen atoms in total. The van der Waals surface area contributed by atoms with Crippen LogP contribution in [0.4, 0.5) is 4.39 Å². The van der Waals surface area contributed by atoms with Gasteiger partial charge in [-0.3, -0.25) is 19.4 Å².